The molecule has 0 aromatic rings. The number of ether oxygens (including phenoxy) is 2. The normalized spacial score (nSPS) is 19.7. The molecule has 1 fully saturated rings. The summed E-state index contributed by atoms with van der Waals surface area (Å²) >= 11 is 0. The van der Waals surface area contributed by atoms with Crippen molar-refractivity contribution < 1.29 is 29.0 Å². The fourth-order valence-electron chi connectivity index (χ4n) is 1.49. The quantitative estimate of drug-likeness (QED) is 0.503. The zero-order valence-corrected chi connectivity index (χ0v) is 11.1. The Bertz CT molecular complexity index is 376. The number of carboxylic acids is 1. The van der Waals surface area contributed by atoms with Crippen LogP contribution in [-0.4, -0.2) is 59.5 Å². The van der Waals surface area contributed by atoms with Gasteiger partial charge in [0, 0.05) is 13.1 Å². The summed E-state index contributed by atoms with van der Waals surface area (Å²) in [4.78, 5) is 34.6. The second-order valence-electron chi connectivity index (χ2n) is 5.04. The fraction of sp³-hybridized carbons (Fsp3) is 0.727. The number of esters is 1. The summed E-state index contributed by atoms with van der Waals surface area (Å²) in [7, 11) is 0. The van der Waals surface area contributed by atoms with E-state index in [0.29, 0.717) is 6.54 Å². The number of aliphatic carboxylic acids is 1. The molecule has 2 N–H and O–H groups in total. The van der Waals surface area contributed by atoms with E-state index in [1.807, 2.05) is 0 Å². The lowest BCUT2D eigenvalue weighted by Crippen LogP contribution is -2.56. The molecule has 1 aliphatic rings. The molecule has 8 heteroatoms. The summed E-state index contributed by atoms with van der Waals surface area (Å²) < 4.78 is 9.90. The van der Waals surface area contributed by atoms with Gasteiger partial charge < -0.3 is 19.9 Å². The molecule has 0 aromatic carbocycles. The monoisotopic (exact) mass is 274 g/mol. The molecule has 19 heavy (non-hydrogen) atoms. The van der Waals surface area contributed by atoms with E-state index in [2.05, 4.69) is 5.32 Å². The Morgan fingerprint density at radius 2 is 1.95 bits per heavy atom. The van der Waals surface area contributed by atoms with Crippen LogP contribution in [0.5, 0.6) is 0 Å². The van der Waals surface area contributed by atoms with Gasteiger partial charge in [0.15, 0.2) is 6.23 Å². The van der Waals surface area contributed by atoms with Crippen LogP contribution >= 0.6 is 0 Å². The van der Waals surface area contributed by atoms with E-state index in [4.69, 9.17) is 14.6 Å². The van der Waals surface area contributed by atoms with Gasteiger partial charge in [-0.1, -0.05) is 0 Å². The number of nitrogens with zero attached hydrogens (tertiary/aromatic N) is 1. The van der Waals surface area contributed by atoms with Crippen LogP contribution < -0.4 is 5.32 Å². The molecule has 8 nitrogen and oxygen atoms in total. The van der Waals surface area contributed by atoms with Crippen molar-refractivity contribution in [2.75, 3.05) is 19.6 Å². The van der Waals surface area contributed by atoms with Gasteiger partial charge in [-0.2, -0.15) is 0 Å². The number of nitrogens with one attached hydrogen (secondary N) is 1. The maximum absolute atomic E-state index is 11.9. The van der Waals surface area contributed by atoms with E-state index in [1.165, 1.54) is 4.90 Å². The van der Waals surface area contributed by atoms with E-state index in [1.54, 1.807) is 20.8 Å². The van der Waals surface area contributed by atoms with E-state index in [9.17, 15) is 14.4 Å². The third-order valence-electron chi connectivity index (χ3n) is 2.24. The average Bonchev–Trinajstić information content (AvgIpc) is 2.27. The Labute approximate surface area is 110 Å². The Morgan fingerprint density at radius 1 is 1.32 bits per heavy atom. The van der Waals surface area contributed by atoms with Gasteiger partial charge in [0.25, 0.3) is 0 Å². The van der Waals surface area contributed by atoms with Crippen LogP contribution in [-0.2, 0) is 19.1 Å². The number of rotatable bonds is 1. The smallest absolute Gasteiger partial charge is 0.419 e. The summed E-state index contributed by atoms with van der Waals surface area (Å²) in [5, 5.41) is 11.4. The first-order valence-corrected chi connectivity index (χ1v) is 5.85. The molecule has 1 amide bonds. The lowest BCUT2D eigenvalue weighted by molar-refractivity contribution is -0.174. The Kier molecular flexibility index (Phi) is 4.71. The van der Waals surface area contributed by atoms with Crippen molar-refractivity contribution in [1.82, 2.24) is 10.2 Å². The molecule has 0 saturated carbocycles. The molecule has 0 radical (unpaired) electrons. The number of hydrogen-bond donors (Lipinski definition) is 2. The molecule has 1 heterocycles. The van der Waals surface area contributed by atoms with Crippen LogP contribution in [0.2, 0.25) is 0 Å². The highest BCUT2D eigenvalue weighted by atomic mass is 16.6. The van der Waals surface area contributed by atoms with Crippen molar-refractivity contribution >= 4 is 18.0 Å². The standard InChI is InChI=1S/C11H18N2O6/c1-11(2,3)19-10(17)13-5-4-12-6-7(13)18-9(16)8(14)15/h7,12H,4-6H2,1-3H3,(H,14,15). The molecule has 0 spiro atoms. The van der Waals surface area contributed by atoms with Crippen molar-refractivity contribution in [3.63, 3.8) is 0 Å². The van der Waals surface area contributed by atoms with Gasteiger partial charge in [0.2, 0.25) is 0 Å². The molecule has 0 bridgehead atoms. The van der Waals surface area contributed by atoms with E-state index in [-0.39, 0.29) is 13.1 Å². The van der Waals surface area contributed by atoms with Crippen molar-refractivity contribution in [3.8, 4) is 0 Å². The maximum atomic E-state index is 11.9. The SMILES string of the molecule is CC(C)(C)OC(=O)N1CCNCC1OC(=O)C(=O)O. The Morgan fingerprint density at radius 3 is 2.47 bits per heavy atom. The fourth-order valence-corrected chi connectivity index (χ4v) is 1.49. The average molecular weight is 274 g/mol. The predicted octanol–water partition coefficient (Wildman–Crippen LogP) is -0.219. The number of hydrogen-bond acceptors (Lipinski definition) is 6. The van der Waals surface area contributed by atoms with Gasteiger partial charge in [0.1, 0.15) is 5.60 Å². The minimum Gasteiger partial charge on any atom is -0.473 e. The van der Waals surface area contributed by atoms with Crippen molar-refractivity contribution in [3.05, 3.63) is 0 Å². The number of carbonyl (C=O) groups is 3. The summed E-state index contributed by atoms with van der Waals surface area (Å²) in [5.41, 5.74) is -0.677. The number of carbonyl (C=O) groups excluding carboxylic acids is 2. The second-order valence-corrected chi connectivity index (χ2v) is 5.04. The first-order valence-electron chi connectivity index (χ1n) is 5.85. The van der Waals surface area contributed by atoms with Crippen LogP contribution in [0.1, 0.15) is 20.8 Å². The van der Waals surface area contributed by atoms with Crippen LogP contribution in [0.4, 0.5) is 4.79 Å². The lowest BCUT2D eigenvalue weighted by atomic mass is 10.2. The van der Waals surface area contributed by atoms with Crippen molar-refractivity contribution in [2.45, 2.75) is 32.6 Å². The molecular weight excluding hydrogens is 256 g/mol. The second kappa shape index (κ2) is 5.87. The van der Waals surface area contributed by atoms with Gasteiger partial charge in [0.05, 0.1) is 6.54 Å². The summed E-state index contributed by atoms with van der Waals surface area (Å²) in [5.74, 6) is -3.10. The molecule has 1 rings (SSSR count). The third-order valence-corrected chi connectivity index (χ3v) is 2.24. The van der Waals surface area contributed by atoms with E-state index < -0.39 is 29.9 Å². The van der Waals surface area contributed by atoms with Gasteiger partial charge >= 0.3 is 18.0 Å². The predicted molar refractivity (Wildman–Crippen MR) is 63.3 cm³/mol. The topological polar surface area (TPSA) is 105 Å². The van der Waals surface area contributed by atoms with E-state index in [0.717, 1.165) is 0 Å². The van der Waals surface area contributed by atoms with Crippen molar-refractivity contribution in [2.24, 2.45) is 0 Å². The van der Waals surface area contributed by atoms with Crippen LogP contribution in [0, 0.1) is 0 Å². The van der Waals surface area contributed by atoms with Crippen LogP contribution in [0.3, 0.4) is 0 Å². The zero-order chi connectivity index (χ0) is 14.6. The van der Waals surface area contributed by atoms with E-state index >= 15 is 0 Å². The molecule has 0 aromatic heterocycles. The summed E-state index contributed by atoms with van der Waals surface area (Å²) in [6, 6.07) is 0. The van der Waals surface area contributed by atoms with Crippen LogP contribution in [0.15, 0.2) is 0 Å². The molecule has 1 aliphatic heterocycles. The largest absolute Gasteiger partial charge is 0.473 e. The molecule has 1 saturated heterocycles. The first kappa shape index (κ1) is 15.2. The molecule has 1 atom stereocenters. The minimum atomic E-state index is -1.70. The molecule has 0 aliphatic carbocycles. The Hall–Kier alpha value is -1.83. The highest BCUT2D eigenvalue weighted by Crippen LogP contribution is 2.14. The van der Waals surface area contributed by atoms with Gasteiger partial charge in [-0.15, -0.1) is 0 Å². The van der Waals surface area contributed by atoms with Gasteiger partial charge in [-0.05, 0) is 20.8 Å². The van der Waals surface area contributed by atoms with Gasteiger partial charge in [-0.3, -0.25) is 4.90 Å². The summed E-state index contributed by atoms with van der Waals surface area (Å²) in [6.45, 7) is 6.09. The summed E-state index contributed by atoms with van der Waals surface area (Å²) in [6.07, 6.45) is -1.62. The lowest BCUT2D eigenvalue weighted by Gasteiger charge is -2.35. The number of carboxylic acid groups (broad SMARTS) is 1. The van der Waals surface area contributed by atoms with Gasteiger partial charge in [-0.25, -0.2) is 14.4 Å². The number of piperazine rings is 1. The highest BCUT2D eigenvalue weighted by Gasteiger charge is 2.34. The zero-order valence-electron chi connectivity index (χ0n) is 11.1. The Balaban J connectivity index is 2.69. The first-order chi connectivity index (χ1) is 8.70. The van der Waals surface area contributed by atoms with Crippen molar-refractivity contribution in [1.29, 1.82) is 0 Å². The maximum Gasteiger partial charge on any atom is 0.419 e. The molecule has 108 valence electrons. The molecule has 1 unspecified atom stereocenters. The number of amides is 1. The third kappa shape index (κ3) is 4.74. The molecular formula is C11H18N2O6. The highest BCUT2D eigenvalue weighted by molar-refractivity contribution is 6.28. The minimum absolute atomic E-state index is 0.165. The van der Waals surface area contributed by atoms with Crippen LogP contribution in [0.25, 0.3) is 0 Å².